The first-order valence-electron chi connectivity index (χ1n) is 8.33. The lowest BCUT2D eigenvalue weighted by atomic mass is 10.1. The molecule has 9 heteroatoms. The van der Waals surface area contributed by atoms with Gasteiger partial charge in [-0.25, -0.2) is 9.69 Å². The van der Waals surface area contributed by atoms with Crippen molar-refractivity contribution in [1.82, 2.24) is 5.32 Å². The number of barbiturate groups is 1. The van der Waals surface area contributed by atoms with Crippen molar-refractivity contribution in [2.75, 3.05) is 4.90 Å². The van der Waals surface area contributed by atoms with Gasteiger partial charge >= 0.3 is 12.0 Å². The summed E-state index contributed by atoms with van der Waals surface area (Å²) in [5.41, 5.74) is 1.21. The van der Waals surface area contributed by atoms with E-state index in [1.165, 1.54) is 13.0 Å². The van der Waals surface area contributed by atoms with Crippen LogP contribution in [0.2, 0.25) is 0 Å². The molecule has 3 rings (SSSR count). The van der Waals surface area contributed by atoms with E-state index in [0.29, 0.717) is 20.2 Å². The van der Waals surface area contributed by atoms with Crippen molar-refractivity contribution < 1.29 is 23.9 Å². The van der Waals surface area contributed by atoms with Crippen LogP contribution in [0.15, 0.2) is 50.9 Å². The molecule has 2 aromatic rings. The van der Waals surface area contributed by atoms with Crippen LogP contribution >= 0.6 is 31.9 Å². The number of carbonyl (C=O) groups is 4. The Morgan fingerprint density at radius 1 is 1.14 bits per heavy atom. The molecule has 0 unspecified atom stereocenters. The van der Waals surface area contributed by atoms with E-state index in [4.69, 9.17) is 4.74 Å². The van der Waals surface area contributed by atoms with Gasteiger partial charge in [-0.2, -0.15) is 0 Å². The Labute approximate surface area is 183 Å². The molecule has 0 aromatic heterocycles. The molecule has 0 radical (unpaired) electrons. The minimum atomic E-state index is -0.839. The van der Waals surface area contributed by atoms with Crippen molar-refractivity contribution in [3.05, 3.63) is 62.0 Å². The lowest BCUT2D eigenvalue weighted by molar-refractivity contribution is -0.132. The fourth-order valence-corrected chi connectivity index (χ4v) is 4.09. The number of benzene rings is 2. The highest BCUT2D eigenvalue weighted by Gasteiger charge is 2.37. The van der Waals surface area contributed by atoms with E-state index in [1.807, 2.05) is 13.0 Å². The smallest absolute Gasteiger partial charge is 0.335 e. The van der Waals surface area contributed by atoms with E-state index >= 15 is 0 Å². The maximum absolute atomic E-state index is 13.0. The van der Waals surface area contributed by atoms with Crippen LogP contribution in [0.25, 0.3) is 6.08 Å². The number of ether oxygens (including phenoxy) is 1. The summed E-state index contributed by atoms with van der Waals surface area (Å²) >= 11 is 6.63. The van der Waals surface area contributed by atoms with Gasteiger partial charge in [-0.15, -0.1) is 0 Å². The van der Waals surface area contributed by atoms with Crippen LogP contribution in [0.5, 0.6) is 5.75 Å². The van der Waals surface area contributed by atoms with Gasteiger partial charge in [0.05, 0.1) is 10.2 Å². The number of amides is 4. The van der Waals surface area contributed by atoms with E-state index in [9.17, 15) is 19.2 Å². The number of carbonyl (C=O) groups excluding carboxylic acids is 4. The van der Waals surface area contributed by atoms with Crippen molar-refractivity contribution in [3.8, 4) is 5.75 Å². The highest BCUT2D eigenvalue weighted by Crippen LogP contribution is 2.35. The van der Waals surface area contributed by atoms with Gasteiger partial charge in [-0.3, -0.25) is 19.7 Å². The Bertz CT molecular complexity index is 1090. The predicted molar refractivity (Wildman–Crippen MR) is 113 cm³/mol. The third-order valence-electron chi connectivity index (χ3n) is 3.94. The number of halogens is 2. The summed E-state index contributed by atoms with van der Waals surface area (Å²) in [7, 11) is 0. The number of rotatable bonds is 3. The number of hydrogen-bond donors (Lipinski definition) is 1. The number of nitrogens with one attached hydrogen (secondary N) is 1. The number of nitrogens with zero attached hydrogens (tertiary/aromatic N) is 1. The molecule has 1 fully saturated rings. The fraction of sp³-hybridized carbons (Fsp3) is 0.100. The van der Waals surface area contributed by atoms with E-state index in [0.717, 1.165) is 10.5 Å². The number of imide groups is 2. The van der Waals surface area contributed by atoms with Crippen molar-refractivity contribution in [1.29, 1.82) is 0 Å². The first-order valence-corrected chi connectivity index (χ1v) is 9.91. The molecule has 1 aliphatic rings. The molecule has 148 valence electrons. The van der Waals surface area contributed by atoms with Crippen LogP contribution in [0, 0.1) is 6.92 Å². The second kappa shape index (κ2) is 8.30. The second-order valence-corrected chi connectivity index (χ2v) is 7.97. The van der Waals surface area contributed by atoms with E-state index in [2.05, 4.69) is 37.2 Å². The summed E-state index contributed by atoms with van der Waals surface area (Å²) in [5, 5.41) is 2.17. The molecule has 0 spiro atoms. The van der Waals surface area contributed by atoms with Crippen LogP contribution in [0.1, 0.15) is 18.1 Å². The van der Waals surface area contributed by atoms with Gasteiger partial charge < -0.3 is 4.74 Å². The highest BCUT2D eigenvalue weighted by atomic mass is 79.9. The third kappa shape index (κ3) is 4.46. The maximum atomic E-state index is 13.0. The maximum Gasteiger partial charge on any atom is 0.335 e. The van der Waals surface area contributed by atoms with Crippen LogP contribution in [0.4, 0.5) is 10.5 Å². The van der Waals surface area contributed by atoms with Gasteiger partial charge in [0, 0.05) is 17.0 Å². The molecule has 0 atom stereocenters. The Hall–Kier alpha value is -2.78. The molecule has 7 nitrogen and oxygen atoms in total. The summed E-state index contributed by atoms with van der Waals surface area (Å²) in [5.74, 6) is -2.04. The molecule has 0 bridgehead atoms. The molecule has 2 aromatic carbocycles. The molecule has 1 heterocycles. The van der Waals surface area contributed by atoms with Gasteiger partial charge in [0.1, 0.15) is 5.57 Å². The molecule has 0 saturated carbocycles. The topological polar surface area (TPSA) is 92.8 Å². The lowest BCUT2D eigenvalue weighted by Crippen LogP contribution is -2.54. The van der Waals surface area contributed by atoms with Crippen LogP contribution in [-0.2, 0) is 14.4 Å². The Kier molecular flexibility index (Phi) is 5.99. The summed E-state index contributed by atoms with van der Waals surface area (Å²) in [6, 6.07) is 9.19. The predicted octanol–water partition coefficient (Wildman–Crippen LogP) is 4.11. The molecule has 1 aliphatic heterocycles. The van der Waals surface area contributed by atoms with E-state index in [1.54, 1.807) is 30.3 Å². The number of esters is 1. The van der Waals surface area contributed by atoms with Crippen molar-refractivity contribution in [2.45, 2.75) is 13.8 Å². The molecule has 0 aliphatic carbocycles. The van der Waals surface area contributed by atoms with Crippen molar-refractivity contribution >= 4 is 67.4 Å². The SMILES string of the molecule is CC(=O)Oc1c(Br)cc(Br)cc1/C=C1/C(=O)NC(=O)N(c2cccc(C)c2)C1=O. The quantitative estimate of drug-likeness (QED) is 0.284. The number of anilines is 1. The highest BCUT2D eigenvalue weighted by molar-refractivity contribution is 9.11. The Morgan fingerprint density at radius 2 is 1.86 bits per heavy atom. The first kappa shape index (κ1) is 20.9. The summed E-state index contributed by atoms with van der Waals surface area (Å²) in [6.45, 7) is 3.06. The summed E-state index contributed by atoms with van der Waals surface area (Å²) < 4.78 is 6.29. The first-order chi connectivity index (χ1) is 13.7. The average Bonchev–Trinajstić information content (AvgIpc) is 2.61. The minimum Gasteiger partial charge on any atom is -0.425 e. The fourth-order valence-electron chi connectivity index (χ4n) is 2.75. The molecular formula is C20H14Br2N2O5. The Balaban J connectivity index is 2.11. The van der Waals surface area contributed by atoms with Gasteiger partial charge in [0.15, 0.2) is 5.75 Å². The molecule has 4 amide bonds. The zero-order valence-electron chi connectivity index (χ0n) is 15.3. The number of aryl methyl sites for hydroxylation is 1. The summed E-state index contributed by atoms with van der Waals surface area (Å²) in [6.07, 6.45) is 1.28. The average molecular weight is 522 g/mol. The van der Waals surface area contributed by atoms with Crippen LogP contribution < -0.4 is 15.0 Å². The van der Waals surface area contributed by atoms with E-state index < -0.39 is 23.8 Å². The van der Waals surface area contributed by atoms with Crippen LogP contribution in [-0.4, -0.2) is 23.8 Å². The molecule has 1 N–H and O–H groups in total. The molecule has 1 saturated heterocycles. The largest absolute Gasteiger partial charge is 0.425 e. The zero-order chi connectivity index (χ0) is 21.3. The van der Waals surface area contributed by atoms with Gasteiger partial charge in [-0.1, -0.05) is 28.1 Å². The molecular weight excluding hydrogens is 508 g/mol. The number of hydrogen-bond acceptors (Lipinski definition) is 5. The van der Waals surface area contributed by atoms with Crippen molar-refractivity contribution in [2.24, 2.45) is 0 Å². The standard InChI is InChI=1S/C20H14Br2N2O5/c1-10-4-3-5-14(6-10)24-19(27)15(18(26)23-20(24)28)8-12-7-13(21)9-16(22)17(12)29-11(2)25/h3-9H,1-2H3,(H,23,26,28)/b15-8-. The van der Waals surface area contributed by atoms with Crippen molar-refractivity contribution in [3.63, 3.8) is 0 Å². The van der Waals surface area contributed by atoms with Crippen LogP contribution in [0.3, 0.4) is 0 Å². The summed E-state index contributed by atoms with van der Waals surface area (Å²) in [4.78, 5) is 50.1. The van der Waals surface area contributed by atoms with Gasteiger partial charge in [-0.05, 0) is 58.8 Å². The number of urea groups is 1. The normalized spacial score (nSPS) is 15.5. The third-order valence-corrected chi connectivity index (χ3v) is 4.99. The van der Waals surface area contributed by atoms with Gasteiger partial charge in [0.2, 0.25) is 0 Å². The lowest BCUT2D eigenvalue weighted by Gasteiger charge is -2.26. The Morgan fingerprint density at radius 3 is 2.52 bits per heavy atom. The second-order valence-electron chi connectivity index (χ2n) is 6.20. The monoisotopic (exact) mass is 520 g/mol. The van der Waals surface area contributed by atoms with E-state index in [-0.39, 0.29) is 11.3 Å². The zero-order valence-corrected chi connectivity index (χ0v) is 18.5. The molecule has 29 heavy (non-hydrogen) atoms. The minimum absolute atomic E-state index is 0.146. The van der Waals surface area contributed by atoms with Gasteiger partial charge in [0.25, 0.3) is 11.8 Å².